The van der Waals surface area contributed by atoms with Crippen molar-refractivity contribution in [1.82, 2.24) is 0 Å². The van der Waals surface area contributed by atoms with Gasteiger partial charge < -0.3 is 0 Å². The second-order valence-corrected chi connectivity index (χ2v) is 7.26. The maximum atomic E-state index is 2.48. The predicted octanol–water partition coefficient (Wildman–Crippen LogP) is 5.51. The molecule has 4 atom stereocenters. The first kappa shape index (κ1) is 13.1. The van der Waals surface area contributed by atoms with Crippen molar-refractivity contribution in [3.63, 3.8) is 0 Å². The van der Waals surface area contributed by atoms with Crippen molar-refractivity contribution in [2.75, 3.05) is 0 Å². The third-order valence-corrected chi connectivity index (χ3v) is 6.88. The van der Waals surface area contributed by atoms with Crippen LogP contribution in [0.5, 0.6) is 0 Å². The Hall–Kier alpha value is -1.56. The van der Waals surface area contributed by atoms with Crippen LogP contribution in [0.1, 0.15) is 38.8 Å². The zero-order chi connectivity index (χ0) is 14.8. The van der Waals surface area contributed by atoms with Gasteiger partial charge in [-0.15, -0.1) is 0 Å². The highest BCUT2D eigenvalue weighted by atomic mass is 14.6. The molecule has 0 unspecified atom stereocenters. The Labute approximate surface area is 128 Å². The van der Waals surface area contributed by atoms with E-state index in [-0.39, 0.29) is 5.41 Å². The van der Waals surface area contributed by atoms with Gasteiger partial charge in [-0.25, -0.2) is 0 Å². The van der Waals surface area contributed by atoms with Crippen molar-refractivity contribution >= 4 is 0 Å². The van der Waals surface area contributed by atoms with Crippen LogP contribution in [0.15, 0.2) is 48.5 Å². The van der Waals surface area contributed by atoms with Gasteiger partial charge in [-0.3, -0.25) is 0 Å². The zero-order valence-electron chi connectivity index (χ0n) is 13.4. The van der Waals surface area contributed by atoms with Crippen LogP contribution in [0.25, 0.3) is 11.1 Å². The molecule has 0 heteroatoms. The average molecular weight is 276 g/mol. The smallest absolute Gasteiger partial charge is 0.0271 e. The van der Waals surface area contributed by atoms with Crippen molar-refractivity contribution in [2.45, 2.75) is 33.1 Å². The molecular weight excluding hydrogens is 252 g/mol. The molecule has 0 radical (unpaired) electrons. The van der Waals surface area contributed by atoms with E-state index in [1.807, 2.05) is 0 Å². The number of hydrogen-bond acceptors (Lipinski definition) is 0. The summed E-state index contributed by atoms with van der Waals surface area (Å²) in [6, 6.07) is 18.2. The highest BCUT2D eigenvalue weighted by molar-refractivity contribution is 5.81. The van der Waals surface area contributed by atoms with Gasteiger partial charge in [0.25, 0.3) is 0 Å². The zero-order valence-corrected chi connectivity index (χ0v) is 13.4. The Kier molecular flexibility index (Phi) is 2.64. The minimum absolute atomic E-state index is 0.214. The van der Waals surface area contributed by atoms with Gasteiger partial charge in [0.1, 0.15) is 0 Å². The molecule has 0 saturated heterocycles. The van der Waals surface area contributed by atoms with E-state index >= 15 is 0 Å². The molecule has 2 aromatic carbocycles. The van der Waals surface area contributed by atoms with Crippen LogP contribution in [0.4, 0.5) is 0 Å². The van der Waals surface area contributed by atoms with Gasteiger partial charge in [-0.2, -0.15) is 0 Å². The van der Waals surface area contributed by atoms with Crippen LogP contribution in [0.2, 0.25) is 0 Å². The van der Waals surface area contributed by atoms with Crippen LogP contribution in [0.3, 0.4) is 0 Å². The fourth-order valence-electron chi connectivity index (χ4n) is 5.44. The fourth-order valence-corrected chi connectivity index (χ4v) is 5.44. The molecule has 4 rings (SSSR count). The number of rotatable bonds is 0. The normalized spacial score (nSPS) is 32.2. The average Bonchev–Trinajstić information content (AvgIpc) is 2.91. The van der Waals surface area contributed by atoms with Crippen molar-refractivity contribution < 1.29 is 0 Å². The molecule has 1 spiro atoms. The summed E-state index contributed by atoms with van der Waals surface area (Å²) in [6.07, 6.45) is 0. The number of hydrogen-bond donors (Lipinski definition) is 0. The molecule has 1 saturated carbocycles. The third kappa shape index (κ3) is 1.36. The summed E-state index contributed by atoms with van der Waals surface area (Å²) in [5, 5.41) is 0. The minimum atomic E-state index is 0.214. The summed E-state index contributed by atoms with van der Waals surface area (Å²) in [7, 11) is 0. The Morgan fingerprint density at radius 2 is 1.00 bits per heavy atom. The lowest BCUT2D eigenvalue weighted by atomic mass is 9.65. The molecule has 1 fully saturated rings. The van der Waals surface area contributed by atoms with Crippen LogP contribution in [-0.4, -0.2) is 0 Å². The Morgan fingerprint density at radius 3 is 1.43 bits per heavy atom. The number of benzene rings is 2. The van der Waals surface area contributed by atoms with E-state index < -0.39 is 0 Å². The topological polar surface area (TPSA) is 0 Å². The highest BCUT2D eigenvalue weighted by Crippen LogP contribution is 2.64. The summed E-state index contributed by atoms with van der Waals surface area (Å²) in [5.74, 6) is 2.90. The maximum absolute atomic E-state index is 2.48. The molecule has 108 valence electrons. The van der Waals surface area contributed by atoms with Gasteiger partial charge in [0.15, 0.2) is 0 Å². The van der Waals surface area contributed by atoms with Gasteiger partial charge >= 0.3 is 0 Å². The van der Waals surface area contributed by atoms with E-state index in [4.69, 9.17) is 0 Å². The molecular formula is C21H24. The lowest BCUT2D eigenvalue weighted by Gasteiger charge is -2.37. The standard InChI is InChI=1S/C21H24/c1-13-14(2)16(4)21(15(13)3)19-11-7-5-9-17(19)18-10-6-8-12-20(18)21/h5-16H,1-4H3/t13-,14+,15-,16+. The van der Waals surface area contributed by atoms with E-state index in [0.29, 0.717) is 11.8 Å². The van der Waals surface area contributed by atoms with Gasteiger partial charge in [0.05, 0.1) is 0 Å². The van der Waals surface area contributed by atoms with Crippen molar-refractivity contribution in [3.05, 3.63) is 59.7 Å². The van der Waals surface area contributed by atoms with Crippen LogP contribution >= 0.6 is 0 Å². The Bertz CT molecular complexity index is 635. The molecule has 0 heterocycles. The molecule has 2 aromatic rings. The van der Waals surface area contributed by atoms with Gasteiger partial charge in [0, 0.05) is 5.41 Å². The fraction of sp³-hybridized carbons (Fsp3) is 0.429. The van der Waals surface area contributed by atoms with Crippen molar-refractivity contribution in [1.29, 1.82) is 0 Å². The molecule has 0 amide bonds. The van der Waals surface area contributed by atoms with E-state index in [9.17, 15) is 0 Å². The molecule has 0 N–H and O–H groups in total. The molecule has 21 heavy (non-hydrogen) atoms. The quantitative estimate of drug-likeness (QED) is 0.595. The SMILES string of the molecule is C[C@@H]1[C@H](C)[C@H](C)C2(c3ccccc3-c3ccccc32)[C@@H]1C. The van der Waals surface area contributed by atoms with Gasteiger partial charge in [0.2, 0.25) is 0 Å². The monoisotopic (exact) mass is 276 g/mol. The first-order valence-corrected chi connectivity index (χ1v) is 8.29. The Morgan fingerprint density at radius 1 is 0.619 bits per heavy atom. The van der Waals surface area contributed by atoms with Crippen molar-refractivity contribution in [3.8, 4) is 11.1 Å². The summed E-state index contributed by atoms with van der Waals surface area (Å²) in [4.78, 5) is 0. The lowest BCUT2D eigenvalue weighted by molar-refractivity contribution is 0.313. The molecule has 2 aliphatic carbocycles. The molecule has 0 bridgehead atoms. The lowest BCUT2D eigenvalue weighted by Crippen LogP contribution is -2.35. The molecule has 0 aromatic heterocycles. The first-order valence-electron chi connectivity index (χ1n) is 8.29. The predicted molar refractivity (Wildman–Crippen MR) is 89.3 cm³/mol. The second-order valence-electron chi connectivity index (χ2n) is 7.26. The van der Waals surface area contributed by atoms with E-state index in [2.05, 4.69) is 76.2 Å². The van der Waals surface area contributed by atoms with Crippen molar-refractivity contribution in [2.24, 2.45) is 23.7 Å². The number of fused-ring (bicyclic) bond motifs is 5. The van der Waals surface area contributed by atoms with Crippen LogP contribution < -0.4 is 0 Å². The van der Waals surface area contributed by atoms with E-state index in [1.165, 1.54) is 11.1 Å². The summed E-state index contributed by atoms with van der Waals surface area (Å²) in [5.41, 5.74) is 6.29. The maximum Gasteiger partial charge on any atom is 0.0271 e. The minimum Gasteiger partial charge on any atom is -0.0619 e. The summed E-state index contributed by atoms with van der Waals surface area (Å²) in [6.45, 7) is 9.85. The highest BCUT2D eigenvalue weighted by Gasteiger charge is 2.58. The van der Waals surface area contributed by atoms with Crippen LogP contribution in [-0.2, 0) is 5.41 Å². The largest absolute Gasteiger partial charge is 0.0619 e. The molecule has 2 aliphatic rings. The van der Waals surface area contributed by atoms with Gasteiger partial charge in [-0.05, 0) is 45.9 Å². The van der Waals surface area contributed by atoms with E-state index in [1.54, 1.807) is 11.1 Å². The molecule has 0 nitrogen and oxygen atoms in total. The molecule has 0 aliphatic heterocycles. The third-order valence-electron chi connectivity index (χ3n) is 6.88. The second kappa shape index (κ2) is 4.22. The van der Waals surface area contributed by atoms with E-state index in [0.717, 1.165) is 11.8 Å². The van der Waals surface area contributed by atoms with Gasteiger partial charge in [-0.1, -0.05) is 76.2 Å². The summed E-state index contributed by atoms with van der Waals surface area (Å²) >= 11 is 0. The first-order chi connectivity index (χ1) is 10.1. The van der Waals surface area contributed by atoms with Crippen LogP contribution in [0, 0.1) is 23.7 Å². The Balaban J connectivity index is 2.10. The summed E-state index contributed by atoms with van der Waals surface area (Å²) < 4.78 is 0.